The van der Waals surface area contributed by atoms with Crippen LogP contribution in [0.25, 0.3) is 10.9 Å². The van der Waals surface area contributed by atoms with Gasteiger partial charge in [-0.25, -0.2) is 8.42 Å². The first-order chi connectivity index (χ1) is 12.7. The van der Waals surface area contributed by atoms with Gasteiger partial charge in [-0.05, 0) is 12.5 Å². The van der Waals surface area contributed by atoms with Crippen LogP contribution in [0.5, 0.6) is 5.75 Å². The number of aromatic nitrogens is 1. The third kappa shape index (κ3) is 3.55. The van der Waals surface area contributed by atoms with Crippen molar-refractivity contribution in [2.45, 2.75) is 35.7 Å². The van der Waals surface area contributed by atoms with Gasteiger partial charge in [-0.1, -0.05) is 0 Å². The number of aliphatic carboxylic acids is 1. The molecule has 154 valence electrons. The van der Waals surface area contributed by atoms with Gasteiger partial charge in [-0.3, -0.25) is 4.79 Å². The molecule has 0 fully saturated rings. The average Bonchev–Trinajstić information content (AvgIpc) is 3.04. The first-order valence-electron chi connectivity index (χ1n) is 7.80. The van der Waals surface area contributed by atoms with E-state index in [0.717, 1.165) is 12.3 Å². The monoisotopic (exact) mass is 441 g/mol. The van der Waals surface area contributed by atoms with Crippen molar-refractivity contribution in [1.29, 1.82) is 0 Å². The fraction of sp³-hybridized carbons (Fsp3) is 0.400. The van der Waals surface area contributed by atoms with Crippen LogP contribution in [0.15, 0.2) is 23.1 Å². The molecule has 1 N–H and O–H groups in total. The Balaban J connectivity index is 2.21. The summed E-state index contributed by atoms with van der Waals surface area (Å²) in [5, 5.41) is 9.16. The van der Waals surface area contributed by atoms with Gasteiger partial charge >= 0.3 is 21.6 Å². The largest absolute Gasteiger partial charge is 0.534 e. The van der Waals surface area contributed by atoms with E-state index in [1.807, 2.05) is 0 Å². The maximum Gasteiger partial charge on any atom is 0.534 e. The van der Waals surface area contributed by atoms with Crippen molar-refractivity contribution in [2.24, 2.45) is 0 Å². The van der Waals surface area contributed by atoms with E-state index in [9.17, 15) is 34.8 Å². The minimum absolute atomic E-state index is 0.151. The molecule has 1 aliphatic heterocycles. The van der Waals surface area contributed by atoms with Crippen molar-refractivity contribution in [1.82, 2.24) is 4.57 Å². The third-order valence-electron chi connectivity index (χ3n) is 4.42. The molecular formula is C15H14F3NO7S2. The smallest absolute Gasteiger partial charge is 0.481 e. The van der Waals surface area contributed by atoms with Crippen LogP contribution in [-0.2, 0) is 31.3 Å². The summed E-state index contributed by atoms with van der Waals surface area (Å²) in [5.41, 5.74) is -5.02. The highest BCUT2D eigenvalue weighted by Crippen LogP contribution is 2.40. The summed E-state index contributed by atoms with van der Waals surface area (Å²) in [6, 6.07) is 3.18. The lowest BCUT2D eigenvalue weighted by atomic mass is 10.0. The molecule has 1 aromatic carbocycles. The Morgan fingerprint density at radius 1 is 1.25 bits per heavy atom. The van der Waals surface area contributed by atoms with Gasteiger partial charge in [0.05, 0.1) is 16.8 Å². The number of halogens is 3. The molecule has 0 amide bonds. The zero-order chi connectivity index (χ0) is 21.1. The summed E-state index contributed by atoms with van der Waals surface area (Å²) in [6.45, 7) is 0.301. The quantitative estimate of drug-likeness (QED) is 0.558. The topological polar surface area (TPSA) is 120 Å². The van der Waals surface area contributed by atoms with E-state index in [2.05, 4.69) is 4.18 Å². The molecule has 0 saturated carbocycles. The number of carboxylic acids is 1. The zero-order valence-electron chi connectivity index (χ0n) is 14.2. The van der Waals surface area contributed by atoms with Crippen LogP contribution in [0.3, 0.4) is 0 Å². The average molecular weight is 441 g/mol. The molecule has 13 heteroatoms. The number of carboxylic acid groups (broad SMARTS) is 1. The molecule has 1 aliphatic rings. The lowest BCUT2D eigenvalue weighted by molar-refractivity contribution is -0.137. The molecule has 0 radical (unpaired) electrons. The second-order valence-corrected chi connectivity index (χ2v) is 9.94. The van der Waals surface area contributed by atoms with E-state index in [-0.39, 0.29) is 17.3 Å². The Bertz CT molecular complexity index is 1180. The number of rotatable bonds is 5. The summed E-state index contributed by atoms with van der Waals surface area (Å²) >= 11 is 0. The second kappa shape index (κ2) is 6.37. The van der Waals surface area contributed by atoms with E-state index in [0.29, 0.717) is 24.7 Å². The van der Waals surface area contributed by atoms with Crippen LogP contribution in [0, 0.1) is 0 Å². The summed E-state index contributed by atoms with van der Waals surface area (Å²) in [7, 11) is -9.94. The molecule has 3 rings (SSSR count). The van der Waals surface area contributed by atoms with Crippen LogP contribution < -0.4 is 4.18 Å². The summed E-state index contributed by atoms with van der Waals surface area (Å²) in [5.74, 6) is -2.25. The molecule has 1 unspecified atom stereocenters. The van der Waals surface area contributed by atoms with Gasteiger partial charge in [0.15, 0.2) is 9.84 Å². The Morgan fingerprint density at radius 2 is 1.89 bits per heavy atom. The predicted molar refractivity (Wildman–Crippen MR) is 90.3 cm³/mol. The minimum Gasteiger partial charge on any atom is -0.481 e. The van der Waals surface area contributed by atoms with Crippen molar-refractivity contribution in [3.8, 4) is 5.75 Å². The van der Waals surface area contributed by atoms with Gasteiger partial charge < -0.3 is 13.9 Å². The number of carbonyl (C=O) groups is 1. The van der Waals surface area contributed by atoms with Crippen LogP contribution in [0.4, 0.5) is 13.2 Å². The normalized spacial score (nSPS) is 17.6. The summed E-state index contributed by atoms with van der Waals surface area (Å²) < 4.78 is 90.3. The van der Waals surface area contributed by atoms with Gasteiger partial charge in [0, 0.05) is 41.9 Å². The minimum atomic E-state index is -5.99. The molecular weight excluding hydrogens is 427 g/mol. The molecule has 2 aromatic rings. The molecule has 28 heavy (non-hydrogen) atoms. The van der Waals surface area contributed by atoms with Gasteiger partial charge in [-0.2, -0.15) is 21.6 Å². The molecule has 0 saturated heterocycles. The first-order valence-corrected chi connectivity index (χ1v) is 11.1. The first kappa shape index (κ1) is 20.5. The highest BCUT2D eigenvalue weighted by molar-refractivity contribution is 7.91. The van der Waals surface area contributed by atoms with Gasteiger partial charge in [0.25, 0.3) is 0 Å². The molecule has 1 aromatic heterocycles. The zero-order valence-corrected chi connectivity index (χ0v) is 15.9. The number of hydrogen-bond donors (Lipinski definition) is 1. The number of fused-ring (bicyclic) bond motifs is 3. The van der Waals surface area contributed by atoms with Gasteiger partial charge in [-0.15, -0.1) is 0 Å². The Kier molecular flexibility index (Phi) is 4.65. The van der Waals surface area contributed by atoms with E-state index < -0.39 is 48.0 Å². The van der Waals surface area contributed by atoms with E-state index in [1.54, 1.807) is 4.57 Å². The summed E-state index contributed by atoms with van der Waals surface area (Å²) in [4.78, 5) is 10.6. The molecule has 0 bridgehead atoms. The van der Waals surface area contributed by atoms with E-state index >= 15 is 0 Å². The number of alkyl halides is 3. The van der Waals surface area contributed by atoms with Crippen molar-refractivity contribution >= 4 is 36.8 Å². The van der Waals surface area contributed by atoms with E-state index in [4.69, 9.17) is 5.11 Å². The maximum atomic E-state index is 12.6. The second-order valence-electron chi connectivity index (χ2n) is 6.41. The lowest BCUT2D eigenvalue weighted by Gasteiger charge is -2.12. The van der Waals surface area contributed by atoms with Crippen molar-refractivity contribution in [3.05, 3.63) is 23.9 Å². The Labute approximate surface area is 157 Å². The maximum absolute atomic E-state index is 12.6. The highest BCUT2D eigenvalue weighted by atomic mass is 32.2. The Morgan fingerprint density at radius 3 is 2.43 bits per heavy atom. The van der Waals surface area contributed by atoms with Gasteiger partial charge in [0.1, 0.15) is 5.75 Å². The predicted octanol–water partition coefficient (Wildman–Crippen LogP) is 2.24. The van der Waals surface area contributed by atoms with E-state index in [1.165, 1.54) is 6.07 Å². The fourth-order valence-corrected chi connectivity index (χ4v) is 4.62. The SMILES string of the molecule is CS(=O)(=O)c1cc(OS(=O)(=O)C(F)(F)F)cc2c1cc1n2CCC1CC(=O)O. The van der Waals surface area contributed by atoms with Gasteiger partial charge in [0.2, 0.25) is 0 Å². The van der Waals surface area contributed by atoms with Crippen molar-refractivity contribution < 1.29 is 44.1 Å². The third-order valence-corrected chi connectivity index (χ3v) is 6.53. The molecule has 0 aliphatic carbocycles. The molecule has 2 heterocycles. The molecule has 8 nitrogen and oxygen atoms in total. The van der Waals surface area contributed by atoms with Crippen molar-refractivity contribution in [3.63, 3.8) is 0 Å². The lowest BCUT2D eigenvalue weighted by Crippen LogP contribution is -2.28. The summed E-state index contributed by atoms with van der Waals surface area (Å²) in [6.07, 6.45) is 1.06. The highest BCUT2D eigenvalue weighted by Gasteiger charge is 2.48. The molecule has 0 spiro atoms. The number of sulfone groups is 1. The van der Waals surface area contributed by atoms with Crippen LogP contribution in [-0.4, -0.2) is 44.2 Å². The molecule has 1 atom stereocenters. The fourth-order valence-electron chi connectivity index (χ4n) is 3.29. The Hall–Kier alpha value is -2.28. The van der Waals surface area contributed by atoms with Crippen LogP contribution in [0.1, 0.15) is 24.5 Å². The number of nitrogens with zero attached hydrogens (tertiary/aromatic N) is 1. The number of hydrogen-bond acceptors (Lipinski definition) is 6. The number of aryl methyl sites for hydroxylation is 1. The van der Waals surface area contributed by atoms with Crippen molar-refractivity contribution in [2.75, 3.05) is 6.26 Å². The standard InChI is InChI=1S/C15H14F3NO7S2/c1-27(22,23)13-6-9(26-28(24,25)15(16,17)18)5-12-10(13)7-11-8(4-14(20)21)2-3-19(11)12/h5-8H,2-4H2,1H3,(H,20,21). The number of benzene rings is 1. The van der Waals surface area contributed by atoms with Crippen LogP contribution in [0.2, 0.25) is 0 Å². The van der Waals surface area contributed by atoms with Crippen LogP contribution >= 0.6 is 0 Å².